The number of phenolic OH excluding ortho intramolecular Hbond substituents is 1. The summed E-state index contributed by atoms with van der Waals surface area (Å²) in [5, 5.41) is 13.6. The number of benzene rings is 1. The minimum atomic E-state index is -0.410. The van der Waals surface area contributed by atoms with Crippen molar-refractivity contribution in [1.82, 2.24) is 10.4 Å². The van der Waals surface area contributed by atoms with Crippen LogP contribution in [0, 0.1) is 6.92 Å². The summed E-state index contributed by atoms with van der Waals surface area (Å²) in [7, 11) is 0. The van der Waals surface area contributed by atoms with E-state index in [1.54, 1.807) is 30.3 Å². The molecule has 6 heteroatoms. The fourth-order valence-corrected chi connectivity index (χ4v) is 1.86. The number of aromatic nitrogens is 1. The number of phenols is 1. The highest BCUT2D eigenvalue weighted by Gasteiger charge is 2.05. The standard InChI is InChI=1S/C14H12BrN3O2/c1-9-6-13(19)10(7-11(9)15)8-17-18-14(20)12-4-2-3-5-16-12/h2-8,19H,1H3,(H,18,20)/b17-8+. The highest BCUT2D eigenvalue weighted by Crippen LogP contribution is 2.24. The zero-order chi connectivity index (χ0) is 14.5. The molecule has 1 heterocycles. The van der Waals surface area contributed by atoms with E-state index in [2.05, 4.69) is 31.4 Å². The largest absolute Gasteiger partial charge is 0.507 e. The maximum atomic E-state index is 11.7. The number of hydrogen-bond donors (Lipinski definition) is 2. The number of aryl methyl sites for hydroxylation is 1. The van der Waals surface area contributed by atoms with Crippen LogP contribution in [0.25, 0.3) is 0 Å². The predicted molar refractivity (Wildman–Crippen MR) is 79.8 cm³/mol. The average Bonchev–Trinajstić information content (AvgIpc) is 2.45. The van der Waals surface area contributed by atoms with Gasteiger partial charge in [-0.2, -0.15) is 5.10 Å². The Balaban J connectivity index is 2.08. The Morgan fingerprint density at radius 2 is 2.25 bits per heavy atom. The Labute approximate surface area is 124 Å². The number of carbonyl (C=O) groups is 1. The third-order valence-electron chi connectivity index (χ3n) is 2.58. The van der Waals surface area contributed by atoms with Gasteiger partial charge in [0.2, 0.25) is 0 Å². The second kappa shape index (κ2) is 6.29. The zero-order valence-electron chi connectivity index (χ0n) is 10.7. The minimum absolute atomic E-state index is 0.0986. The Bertz CT molecular complexity index is 657. The van der Waals surface area contributed by atoms with Gasteiger partial charge in [0.15, 0.2) is 0 Å². The van der Waals surface area contributed by atoms with Gasteiger partial charge < -0.3 is 5.11 Å². The van der Waals surface area contributed by atoms with E-state index in [1.165, 1.54) is 12.4 Å². The number of nitrogens with one attached hydrogen (secondary N) is 1. The molecule has 0 spiro atoms. The normalized spacial score (nSPS) is 10.7. The molecular formula is C14H12BrN3O2. The Morgan fingerprint density at radius 1 is 1.45 bits per heavy atom. The first-order valence-corrected chi connectivity index (χ1v) is 6.61. The van der Waals surface area contributed by atoms with Gasteiger partial charge in [-0.15, -0.1) is 0 Å². The third-order valence-corrected chi connectivity index (χ3v) is 3.43. The number of halogens is 1. The van der Waals surface area contributed by atoms with Crippen LogP contribution in [-0.4, -0.2) is 22.2 Å². The van der Waals surface area contributed by atoms with Gasteiger partial charge in [-0.25, -0.2) is 5.43 Å². The van der Waals surface area contributed by atoms with Crippen molar-refractivity contribution in [1.29, 1.82) is 0 Å². The first kappa shape index (κ1) is 14.2. The van der Waals surface area contributed by atoms with E-state index < -0.39 is 5.91 Å². The first-order valence-electron chi connectivity index (χ1n) is 5.81. The van der Waals surface area contributed by atoms with Crippen molar-refractivity contribution in [2.75, 3.05) is 0 Å². The molecule has 102 valence electrons. The van der Waals surface area contributed by atoms with Crippen molar-refractivity contribution in [2.24, 2.45) is 5.10 Å². The van der Waals surface area contributed by atoms with Gasteiger partial charge in [-0.3, -0.25) is 9.78 Å². The molecule has 2 rings (SSSR count). The van der Waals surface area contributed by atoms with Crippen LogP contribution < -0.4 is 5.43 Å². The van der Waals surface area contributed by atoms with Crippen molar-refractivity contribution in [2.45, 2.75) is 6.92 Å². The average molecular weight is 334 g/mol. The van der Waals surface area contributed by atoms with E-state index in [0.29, 0.717) is 5.56 Å². The molecule has 0 aliphatic carbocycles. The molecule has 1 aromatic heterocycles. The van der Waals surface area contributed by atoms with Gasteiger partial charge in [0.1, 0.15) is 11.4 Å². The van der Waals surface area contributed by atoms with Crippen LogP contribution in [0.2, 0.25) is 0 Å². The quantitative estimate of drug-likeness (QED) is 0.669. The molecule has 0 saturated heterocycles. The number of aromatic hydroxyl groups is 1. The zero-order valence-corrected chi connectivity index (χ0v) is 12.3. The molecule has 2 aromatic rings. The SMILES string of the molecule is Cc1cc(O)c(/C=N/NC(=O)c2ccccn2)cc1Br. The van der Waals surface area contributed by atoms with E-state index in [4.69, 9.17) is 0 Å². The van der Waals surface area contributed by atoms with Crippen molar-refractivity contribution in [3.05, 3.63) is 57.8 Å². The molecule has 0 aliphatic heterocycles. The summed E-state index contributed by atoms with van der Waals surface area (Å²) >= 11 is 3.37. The van der Waals surface area contributed by atoms with Crippen LogP contribution in [0.3, 0.4) is 0 Å². The van der Waals surface area contributed by atoms with E-state index in [1.807, 2.05) is 6.92 Å². The number of carbonyl (C=O) groups excluding carboxylic acids is 1. The van der Waals surface area contributed by atoms with Crippen LogP contribution >= 0.6 is 15.9 Å². The number of amides is 1. The molecule has 0 fully saturated rings. The molecule has 0 atom stereocenters. The van der Waals surface area contributed by atoms with Gasteiger partial charge in [-0.05, 0) is 36.8 Å². The lowest BCUT2D eigenvalue weighted by molar-refractivity contribution is 0.0950. The molecule has 0 saturated carbocycles. The molecule has 1 aromatic carbocycles. The van der Waals surface area contributed by atoms with E-state index in [-0.39, 0.29) is 11.4 Å². The van der Waals surface area contributed by atoms with E-state index >= 15 is 0 Å². The molecule has 0 unspecified atom stereocenters. The summed E-state index contributed by atoms with van der Waals surface area (Å²) in [5.41, 5.74) is 4.04. The van der Waals surface area contributed by atoms with Crippen LogP contribution in [0.15, 0.2) is 46.1 Å². The van der Waals surface area contributed by atoms with Crippen LogP contribution in [-0.2, 0) is 0 Å². The minimum Gasteiger partial charge on any atom is -0.507 e. The lowest BCUT2D eigenvalue weighted by Gasteiger charge is -2.03. The van der Waals surface area contributed by atoms with Gasteiger partial charge in [0.05, 0.1) is 6.21 Å². The van der Waals surface area contributed by atoms with Crippen molar-refractivity contribution in [3.8, 4) is 5.75 Å². The third kappa shape index (κ3) is 3.42. The molecule has 0 bridgehead atoms. The summed E-state index contributed by atoms with van der Waals surface area (Å²) < 4.78 is 0.854. The van der Waals surface area contributed by atoms with Crippen molar-refractivity contribution in [3.63, 3.8) is 0 Å². The second-order valence-corrected chi connectivity index (χ2v) is 4.93. The predicted octanol–water partition coefficient (Wildman–Crippen LogP) is 2.62. The second-order valence-electron chi connectivity index (χ2n) is 4.07. The topological polar surface area (TPSA) is 74.6 Å². The maximum absolute atomic E-state index is 11.7. The molecular weight excluding hydrogens is 322 g/mol. The Hall–Kier alpha value is -2.21. The lowest BCUT2D eigenvalue weighted by Crippen LogP contribution is -2.18. The Kier molecular flexibility index (Phi) is 4.47. The van der Waals surface area contributed by atoms with Crippen LogP contribution in [0.5, 0.6) is 5.75 Å². The van der Waals surface area contributed by atoms with Gasteiger partial charge in [-0.1, -0.05) is 22.0 Å². The fourth-order valence-electron chi connectivity index (χ4n) is 1.50. The van der Waals surface area contributed by atoms with E-state index in [9.17, 15) is 9.90 Å². The van der Waals surface area contributed by atoms with Crippen LogP contribution in [0.4, 0.5) is 0 Å². The van der Waals surface area contributed by atoms with Gasteiger partial charge in [0.25, 0.3) is 5.91 Å². The molecule has 0 radical (unpaired) electrons. The number of hydrazone groups is 1. The summed E-state index contributed by atoms with van der Waals surface area (Å²) in [4.78, 5) is 15.6. The number of pyridine rings is 1. The smallest absolute Gasteiger partial charge is 0.289 e. The molecule has 20 heavy (non-hydrogen) atoms. The fraction of sp³-hybridized carbons (Fsp3) is 0.0714. The molecule has 1 amide bonds. The van der Waals surface area contributed by atoms with Crippen molar-refractivity contribution < 1.29 is 9.90 Å². The number of rotatable bonds is 3. The lowest BCUT2D eigenvalue weighted by atomic mass is 10.1. The van der Waals surface area contributed by atoms with E-state index in [0.717, 1.165) is 10.0 Å². The Morgan fingerprint density at radius 3 is 2.95 bits per heavy atom. The first-order chi connectivity index (χ1) is 9.58. The summed E-state index contributed by atoms with van der Waals surface area (Å²) in [6.07, 6.45) is 2.90. The highest BCUT2D eigenvalue weighted by atomic mass is 79.9. The summed E-state index contributed by atoms with van der Waals surface area (Å²) in [6, 6.07) is 8.37. The summed E-state index contributed by atoms with van der Waals surface area (Å²) in [5.74, 6) is -0.311. The monoisotopic (exact) mass is 333 g/mol. The maximum Gasteiger partial charge on any atom is 0.289 e. The molecule has 0 aliphatic rings. The van der Waals surface area contributed by atoms with Crippen molar-refractivity contribution >= 4 is 28.1 Å². The van der Waals surface area contributed by atoms with Gasteiger partial charge >= 0.3 is 0 Å². The molecule has 2 N–H and O–H groups in total. The van der Waals surface area contributed by atoms with Crippen LogP contribution in [0.1, 0.15) is 21.6 Å². The molecule has 5 nitrogen and oxygen atoms in total. The number of hydrogen-bond acceptors (Lipinski definition) is 4. The highest BCUT2D eigenvalue weighted by molar-refractivity contribution is 9.10. The van der Waals surface area contributed by atoms with Gasteiger partial charge in [0, 0.05) is 16.2 Å². The number of nitrogens with zero attached hydrogens (tertiary/aromatic N) is 2. The summed E-state index contributed by atoms with van der Waals surface area (Å²) in [6.45, 7) is 1.87.